The third-order valence-corrected chi connectivity index (χ3v) is 2.42. The van der Waals surface area contributed by atoms with E-state index in [-0.39, 0.29) is 5.54 Å². The Bertz CT molecular complexity index is 205. The predicted molar refractivity (Wildman–Crippen MR) is 49.2 cm³/mol. The largest absolute Gasteiger partial charge is 0.382 e. The third kappa shape index (κ3) is 1.11. The van der Waals surface area contributed by atoms with Gasteiger partial charge in [-0.05, 0) is 19.5 Å². The van der Waals surface area contributed by atoms with E-state index in [1.807, 2.05) is 13.0 Å². The fourth-order valence-corrected chi connectivity index (χ4v) is 1.53. The van der Waals surface area contributed by atoms with Gasteiger partial charge in [-0.15, -0.1) is 6.58 Å². The van der Waals surface area contributed by atoms with E-state index in [2.05, 4.69) is 25.1 Å². The molecule has 1 nitrogen and oxygen atoms in total. The Kier molecular flexibility index (Phi) is 1.90. The van der Waals surface area contributed by atoms with Gasteiger partial charge in [-0.2, -0.15) is 0 Å². The van der Waals surface area contributed by atoms with Gasteiger partial charge >= 0.3 is 0 Å². The van der Waals surface area contributed by atoms with Crippen LogP contribution in [-0.4, -0.2) is 5.54 Å². The van der Waals surface area contributed by atoms with Crippen LogP contribution in [0.15, 0.2) is 37.6 Å². The number of rotatable bonds is 4. The minimum absolute atomic E-state index is 0.0868. The highest BCUT2D eigenvalue weighted by Gasteiger charge is 2.52. The van der Waals surface area contributed by atoms with Crippen molar-refractivity contribution in [2.45, 2.75) is 18.9 Å². The Morgan fingerprint density at radius 1 is 1.64 bits per heavy atom. The molecule has 0 radical (unpaired) electrons. The van der Waals surface area contributed by atoms with Crippen molar-refractivity contribution in [3.63, 3.8) is 0 Å². The summed E-state index contributed by atoms with van der Waals surface area (Å²) in [6.07, 6.45) is 4.82. The second kappa shape index (κ2) is 2.57. The molecule has 0 saturated heterocycles. The van der Waals surface area contributed by atoms with E-state index in [0.717, 1.165) is 6.42 Å². The molecule has 2 unspecified atom stereocenters. The molecular weight excluding hydrogens is 134 g/mol. The zero-order valence-corrected chi connectivity index (χ0v) is 7.06. The molecule has 0 heterocycles. The molecule has 2 atom stereocenters. The molecule has 1 fully saturated rings. The molecule has 1 heteroatoms. The van der Waals surface area contributed by atoms with Gasteiger partial charge in [0.25, 0.3) is 0 Å². The molecule has 1 aliphatic carbocycles. The van der Waals surface area contributed by atoms with Crippen molar-refractivity contribution < 1.29 is 0 Å². The molecule has 1 N–H and O–H groups in total. The molecule has 11 heavy (non-hydrogen) atoms. The first kappa shape index (κ1) is 8.12. The summed E-state index contributed by atoms with van der Waals surface area (Å²) in [7, 11) is 0. The van der Waals surface area contributed by atoms with Crippen molar-refractivity contribution in [3.8, 4) is 0 Å². The molecule has 60 valence electrons. The predicted octanol–water partition coefficient (Wildman–Crippen LogP) is 2.24. The van der Waals surface area contributed by atoms with Crippen LogP contribution < -0.4 is 5.32 Å². The minimum atomic E-state index is 0.0868. The fourth-order valence-electron chi connectivity index (χ4n) is 1.53. The highest BCUT2D eigenvalue weighted by Crippen LogP contribution is 2.48. The van der Waals surface area contributed by atoms with Crippen LogP contribution in [0.1, 0.15) is 13.3 Å². The highest BCUT2D eigenvalue weighted by atomic mass is 15.0. The van der Waals surface area contributed by atoms with Crippen LogP contribution in [0.5, 0.6) is 0 Å². The van der Waals surface area contributed by atoms with Crippen LogP contribution in [0.2, 0.25) is 0 Å². The maximum atomic E-state index is 3.95. The van der Waals surface area contributed by atoms with Crippen molar-refractivity contribution in [3.05, 3.63) is 37.6 Å². The summed E-state index contributed by atoms with van der Waals surface area (Å²) in [6, 6.07) is 0. The quantitative estimate of drug-likeness (QED) is 0.604. The van der Waals surface area contributed by atoms with E-state index in [1.165, 1.54) is 5.57 Å². The summed E-state index contributed by atoms with van der Waals surface area (Å²) in [5.41, 5.74) is 1.26. The molecule has 0 bridgehead atoms. The number of hydrogen-bond acceptors (Lipinski definition) is 1. The van der Waals surface area contributed by atoms with Crippen molar-refractivity contribution in [1.29, 1.82) is 0 Å². The summed E-state index contributed by atoms with van der Waals surface area (Å²) in [5, 5.41) is 3.23. The molecular formula is C10H15N. The zero-order chi connectivity index (χ0) is 8.48. The molecule has 1 aliphatic rings. The molecule has 0 aliphatic heterocycles. The van der Waals surface area contributed by atoms with Gasteiger partial charge in [0.15, 0.2) is 0 Å². The topological polar surface area (TPSA) is 12.0 Å². The number of hydrogen-bond donors (Lipinski definition) is 1. The van der Waals surface area contributed by atoms with Gasteiger partial charge in [0.05, 0.1) is 5.54 Å². The SMILES string of the molecule is C=CNC1(C(=C)C)CC1C=C. The maximum Gasteiger partial charge on any atom is 0.0644 e. The van der Waals surface area contributed by atoms with E-state index in [1.54, 1.807) is 6.20 Å². The zero-order valence-electron chi connectivity index (χ0n) is 7.06. The maximum absolute atomic E-state index is 3.95. The molecule has 0 aromatic carbocycles. The molecule has 0 aromatic heterocycles. The fraction of sp³-hybridized carbons (Fsp3) is 0.400. The summed E-state index contributed by atoms with van der Waals surface area (Å²) in [5.74, 6) is 0.540. The van der Waals surface area contributed by atoms with Gasteiger partial charge < -0.3 is 5.32 Å². The Labute approximate surface area is 68.5 Å². The average Bonchev–Trinajstić information content (AvgIpc) is 2.65. The molecule has 1 saturated carbocycles. The lowest BCUT2D eigenvalue weighted by Crippen LogP contribution is -2.29. The molecule has 0 amide bonds. The van der Waals surface area contributed by atoms with Gasteiger partial charge in [-0.25, -0.2) is 0 Å². The Morgan fingerprint density at radius 2 is 2.27 bits per heavy atom. The van der Waals surface area contributed by atoms with Crippen LogP contribution >= 0.6 is 0 Å². The van der Waals surface area contributed by atoms with E-state index in [4.69, 9.17) is 0 Å². The Morgan fingerprint density at radius 3 is 2.55 bits per heavy atom. The standard InChI is InChI=1S/C10H15N/c1-5-9-7-10(9,8(3)4)11-6-2/h5-6,9,11H,1-3,7H2,4H3. The van der Waals surface area contributed by atoms with Crippen molar-refractivity contribution in [2.24, 2.45) is 5.92 Å². The van der Waals surface area contributed by atoms with E-state index in [9.17, 15) is 0 Å². The summed E-state index contributed by atoms with van der Waals surface area (Å²) < 4.78 is 0. The first-order chi connectivity index (χ1) is 5.17. The summed E-state index contributed by atoms with van der Waals surface area (Å²) in [6.45, 7) is 13.4. The van der Waals surface area contributed by atoms with Crippen molar-refractivity contribution in [2.75, 3.05) is 0 Å². The van der Waals surface area contributed by atoms with Crippen molar-refractivity contribution >= 4 is 0 Å². The van der Waals surface area contributed by atoms with Crippen molar-refractivity contribution in [1.82, 2.24) is 5.32 Å². The molecule has 0 spiro atoms. The molecule has 0 aromatic rings. The second-order valence-electron chi connectivity index (χ2n) is 3.15. The van der Waals surface area contributed by atoms with Crippen LogP contribution in [-0.2, 0) is 0 Å². The van der Waals surface area contributed by atoms with Crippen LogP contribution in [0.25, 0.3) is 0 Å². The van der Waals surface area contributed by atoms with Gasteiger partial charge in [-0.3, -0.25) is 0 Å². The summed E-state index contributed by atoms with van der Waals surface area (Å²) in [4.78, 5) is 0. The lowest BCUT2D eigenvalue weighted by Gasteiger charge is -2.16. The van der Waals surface area contributed by atoms with E-state index in [0.29, 0.717) is 5.92 Å². The Balaban J connectivity index is 2.69. The first-order valence-corrected chi connectivity index (χ1v) is 3.84. The number of nitrogens with one attached hydrogen (secondary N) is 1. The van der Waals surface area contributed by atoms with Crippen LogP contribution in [0.4, 0.5) is 0 Å². The smallest absolute Gasteiger partial charge is 0.0644 e. The van der Waals surface area contributed by atoms with E-state index < -0.39 is 0 Å². The van der Waals surface area contributed by atoms with Crippen LogP contribution in [0, 0.1) is 5.92 Å². The Hall–Kier alpha value is -0.980. The normalized spacial score (nSPS) is 34.1. The minimum Gasteiger partial charge on any atom is -0.382 e. The van der Waals surface area contributed by atoms with Gasteiger partial charge in [-0.1, -0.05) is 24.8 Å². The monoisotopic (exact) mass is 149 g/mol. The lowest BCUT2D eigenvalue weighted by atomic mass is 10.1. The first-order valence-electron chi connectivity index (χ1n) is 3.84. The van der Waals surface area contributed by atoms with Gasteiger partial charge in [0.1, 0.15) is 0 Å². The third-order valence-electron chi connectivity index (χ3n) is 2.42. The van der Waals surface area contributed by atoms with Gasteiger partial charge in [0, 0.05) is 5.92 Å². The van der Waals surface area contributed by atoms with Crippen LogP contribution in [0.3, 0.4) is 0 Å². The van der Waals surface area contributed by atoms with E-state index >= 15 is 0 Å². The average molecular weight is 149 g/mol. The van der Waals surface area contributed by atoms with Gasteiger partial charge in [0.2, 0.25) is 0 Å². The lowest BCUT2D eigenvalue weighted by molar-refractivity contribution is 0.637. The second-order valence-corrected chi connectivity index (χ2v) is 3.15. The summed E-state index contributed by atoms with van der Waals surface area (Å²) >= 11 is 0. The highest BCUT2D eigenvalue weighted by molar-refractivity contribution is 5.32. The molecule has 1 rings (SSSR count).